The molecule has 5 aliphatic rings. The predicted molar refractivity (Wildman–Crippen MR) is 96.4 cm³/mol. The molecule has 0 saturated heterocycles. The topological polar surface area (TPSA) is 91.7 Å². The van der Waals surface area contributed by atoms with Gasteiger partial charge in [0.05, 0.1) is 6.10 Å². The van der Waals surface area contributed by atoms with Gasteiger partial charge in [-0.2, -0.15) is 0 Å². The SMILES string of the molecule is CC12C=CC(=O)C=C1CCC1C2C(O)CC2(C)C1CC1C(=O)C12C(=O)CO. The van der Waals surface area contributed by atoms with Crippen molar-refractivity contribution in [3.63, 3.8) is 0 Å². The molecule has 2 N–H and O–H groups in total. The highest BCUT2D eigenvalue weighted by Gasteiger charge is 2.84. The molecule has 144 valence electrons. The van der Waals surface area contributed by atoms with E-state index in [1.54, 1.807) is 12.2 Å². The first-order valence-corrected chi connectivity index (χ1v) is 10.0. The molecule has 5 nitrogen and oxygen atoms in total. The second-order valence-corrected chi connectivity index (χ2v) is 9.75. The molecule has 0 amide bonds. The second-order valence-electron chi connectivity index (χ2n) is 9.75. The van der Waals surface area contributed by atoms with Crippen LogP contribution in [0.2, 0.25) is 0 Å². The van der Waals surface area contributed by atoms with Gasteiger partial charge in [0.15, 0.2) is 17.3 Å². The molecule has 0 radical (unpaired) electrons. The molecule has 0 aromatic rings. The van der Waals surface area contributed by atoms with Gasteiger partial charge in [0, 0.05) is 17.3 Å². The average molecular weight is 370 g/mol. The summed E-state index contributed by atoms with van der Waals surface area (Å²) in [5.41, 5.74) is -0.906. The van der Waals surface area contributed by atoms with Crippen LogP contribution in [0.1, 0.15) is 39.5 Å². The number of hydrogen-bond acceptors (Lipinski definition) is 5. The Balaban J connectivity index is 1.58. The standard InChI is InChI=1S/C22H26O5/c1-20-6-5-12(24)7-11(20)3-4-13-14-8-15-19(27)22(15,17(26)10-23)21(14,2)9-16(25)18(13)20/h5-7,13-16,18,23,25H,3-4,8-10H2,1-2H3. The molecular formula is C22H26O5. The highest BCUT2D eigenvalue weighted by molar-refractivity contribution is 6.23. The average Bonchev–Trinajstić information content (AvgIpc) is 3.11. The van der Waals surface area contributed by atoms with Gasteiger partial charge in [0.2, 0.25) is 0 Å². The third-order valence-corrected chi connectivity index (χ3v) is 9.00. The molecule has 0 heterocycles. The van der Waals surface area contributed by atoms with E-state index in [0.717, 1.165) is 18.4 Å². The summed E-state index contributed by atoms with van der Waals surface area (Å²) in [5, 5.41) is 20.8. The van der Waals surface area contributed by atoms with E-state index in [9.17, 15) is 24.6 Å². The number of hydrogen-bond donors (Lipinski definition) is 2. The normalized spacial score (nSPS) is 52.4. The van der Waals surface area contributed by atoms with E-state index < -0.39 is 23.5 Å². The lowest BCUT2D eigenvalue weighted by molar-refractivity contribution is -0.153. The van der Waals surface area contributed by atoms with Crippen molar-refractivity contribution in [2.75, 3.05) is 6.61 Å². The number of fused-ring (bicyclic) bond motifs is 7. The van der Waals surface area contributed by atoms with E-state index in [2.05, 4.69) is 6.92 Å². The fourth-order valence-electron chi connectivity index (χ4n) is 7.92. The first-order valence-electron chi connectivity index (χ1n) is 10.0. The minimum absolute atomic E-state index is 0.00574. The van der Waals surface area contributed by atoms with Crippen molar-refractivity contribution in [3.8, 4) is 0 Å². The molecule has 8 atom stereocenters. The maximum absolute atomic E-state index is 12.6. The van der Waals surface area contributed by atoms with Crippen LogP contribution >= 0.6 is 0 Å². The lowest BCUT2D eigenvalue weighted by Gasteiger charge is -2.59. The monoisotopic (exact) mass is 370 g/mol. The summed E-state index contributed by atoms with van der Waals surface area (Å²) in [6.07, 6.45) is 7.43. The summed E-state index contributed by atoms with van der Waals surface area (Å²) in [7, 11) is 0. The van der Waals surface area contributed by atoms with Crippen molar-refractivity contribution >= 4 is 17.3 Å². The van der Waals surface area contributed by atoms with Crippen LogP contribution in [0.5, 0.6) is 0 Å². The van der Waals surface area contributed by atoms with Crippen LogP contribution < -0.4 is 0 Å². The number of rotatable bonds is 2. The third kappa shape index (κ3) is 1.76. The number of carbonyl (C=O) groups excluding carboxylic acids is 3. The molecule has 27 heavy (non-hydrogen) atoms. The second kappa shape index (κ2) is 5.06. The largest absolute Gasteiger partial charge is 0.393 e. The van der Waals surface area contributed by atoms with Crippen molar-refractivity contribution in [2.45, 2.75) is 45.6 Å². The molecule has 0 bridgehead atoms. The summed E-state index contributed by atoms with van der Waals surface area (Å²) in [6.45, 7) is 3.49. The number of aliphatic hydroxyl groups excluding tert-OH is 2. The Morgan fingerprint density at radius 2 is 2.04 bits per heavy atom. The van der Waals surface area contributed by atoms with Crippen molar-refractivity contribution in [2.24, 2.45) is 39.9 Å². The lowest BCUT2D eigenvalue weighted by Crippen LogP contribution is -2.58. The Labute approximate surface area is 158 Å². The highest BCUT2D eigenvalue weighted by Crippen LogP contribution is 2.78. The molecule has 5 heteroatoms. The Kier molecular flexibility index (Phi) is 3.28. The Hall–Kier alpha value is -1.59. The van der Waals surface area contributed by atoms with Crippen molar-refractivity contribution in [1.29, 1.82) is 0 Å². The number of carbonyl (C=O) groups is 3. The zero-order valence-corrected chi connectivity index (χ0v) is 15.8. The Bertz CT molecular complexity index is 840. The van der Waals surface area contributed by atoms with Crippen LogP contribution in [-0.4, -0.2) is 40.3 Å². The van der Waals surface area contributed by atoms with Crippen LogP contribution in [0.15, 0.2) is 23.8 Å². The van der Waals surface area contributed by atoms with Crippen molar-refractivity contribution in [3.05, 3.63) is 23.8 Å². The molecule has 5 rings (SSSR count). The number of allylic oxidation sites excluding steroid dienone is 4. The summed E-state index contributed by atoms with van der Waals surface area (Å²) < 4.78 is 0. The smallest absolute Gasteiger partial charge is 0.178 e. The molecule has 8 unspecified atom stereocenters. The van der Waals surface area contributed by atoms with Gasteiger partial charge in [-0.15, -0.1) is 0 Å². The maximum Gasteiger partial charge on any atom is 0.178 e. The maximum atomic E-state index is 12.6. The van der Waals surface area contributed by atoms with Gasteiger partial charge in [-0.25, -0.2) is 0 Å². The molecule has 5 aliphatic carbocycles. The molecule has 0 aliphatic heterocycles. The fourth-order valence-corrected chi connectivity index (χ4v) is 7.92. The van der Waals surface area contributed by atoms with Gasteiger partial charge in [-0.05, 0) is 55.1 Å². The van der Waals surface area contributed by atoms with Gasteiger partial charge in [-0.1, -0.05) is 25.5 Å². The molecule has 4 fully saturated rings. The number of aliphatic hydroxyl groups is 2. The third-order valence-electron chi connectivity index (χ3n) is 9.00. The van der Waals surface area contributed by atoms with Crippen LogP contribution in [0.4, 0.5) is 0 Å². The van der Waals surface area contributed by atoms with E-state index >= 15 is 0 Å². The highest BCUT2D eigenvalue weighted by atomic mass is 16.3. The van der Waals surface area contributed by atoms with Gasteiger partial charge < -0.3 is 10.2 Å². The summed E-state index contributed by atoms with van der Waals surface area (Å²) in [5.74, 6) is -0.275. The summed E-state index contributed by atoms with van der Waals surface area (Å²) in [6, 6.07) is 0. The van der Waals surface area contributed by atoms with Gasteiger partial charge >= 0.3 is 0 Å². The molecule has 4 saturated carbocycles. The number of ketones is 3. The lowest BCUT2D eigenvalue weighted by atomic mass is 9.45. The van der Waals surface area contributed by atoms with Crippen LogP contribution in [0, 0.1) is 39.9 Å². The zero-order valence-electron chi connectivity index (χ0n) is 15.8. The quantitative estimate of drug-likeness (QED) is 0.721. The fraction of sp³-hybridized carbons (Fsp3) is 0.682. The van der Waals surface area contributed by atoms with E-state index in [4.69, 9.17) is 0 Å². The van der Waals surface area contributed by atoms with Gasteiger partial charge in [0.25, 0.3) is 0 Å². The summed E-state index contributed by atoms with van der Waals surface area (Å²) in [4.78, 5) is 37.1. The van der Waals surface area contributed by atoms with Gasteiger partial charge in [-0.3, -0.25) is 14.4 Å². The van der Waals surface area contributed by atoms with Crippen LogP contribution in [-0.2, 0) is 14.4 Å². The Morgan fingerprint density at radius 3 is 2.74 bits per heavy atom. The van der Waals surface area contributed by atoms with Gasteiger partial charge in [0.1, 0.15) is 12.0 Å². The minimum atomic E-state index is -1.08. The van der Waals surface area contributed by atoms with Crippen LogP contribution in [0.3, 0.4) is 0 Å². The van der Waals surface area contributed by atoms with Crippen molar-refractivity contribution in [1.82, 2.24) is 0 Å². The van der Waals surface area contributed by atoms with E-state index in [0.29, 0.717) is 12.8 Å². The van der Waals surface area contributed by atoms with Crippen LogP contribution in [0.25, 0.3) is 0 Å². The first kappa shape index (κ1) is 17.5. The van der Waals surface area contributed by atoms with E-state index in [-0.39, 0.29) is 46.4 Å². The molecule has 0 aromatic carbocycles. The molecular weight excluding hydrogens is 344 g/mol. The summed E-state index contributed by atoms with van der Waals surface area (Å²) >= 11 is 0. The minimum Gasteiger partial charge on any atom is -0.393 e. The Morgan fingerprint density at radius 1 is 1.30 bits per heavy atom. The zero-order chi connectivity index (χ0) is 19.4. The molecule has 0 aromatic heterocycles. The first-order chi connectivity index (χ1) is 12.7. The molecule has 0 spiro atoms. The number of Topliss-reactive ketones (excluding diaryl/α,β-unsaturated/α-hetero) is 2. The van der Waals surface area contributed by atoms with E-state index in [1.165, 1.54) is 0 Å². The predicted octanol–water partition coefficient (Wildman–Crippen LogP) is 1.62. The van der Waals surface area contributed by atoms with Crippen molar-refractivity contribution < 1.29 is 24.6 Å². The van der Waals surface area contributed by atoms with E-state index in [1.807, 2.05) is 13.0 Å².